The van der Waals surface area contributed by atoms with Crippen LogP contribution in [0, 0.1) is 0 Å². The maximum atomic E-state index is 13.1. The minimum atomic E-state index is -1.36. The van der Waals surface area contributed by atoms with Crippen LogP contribution in [-0.2, 0) is 31.2 Å². The molecule has 11 nitrogen and oxygen atoms in total. The Morgan fingerprint density at radius 2 is 1.47 bits per heavy atom. The Hall–Kier alpha value is -4.94. The number of esters is 1. The van der Waals surface area contributed by atoms with Gasteiger partial charge < -0.3 is 24.4 Å². The quantitative estimate of drug-likeness (QED) is 0.139. The molecular formula is C34H32N4O7. The number of nitrogens with zero attached hydrogens (tertiary/aromatic N) is 4. The number of aromatic nitrogens is 4. The molecule has 230 valence electrons. The molecule has 3 aromatic carbocycles. The summed E-state index contributed by atoms with van der Waals surface area (Å²) in [6, 6.07) is 29.4. The van der Waals surface area contributed by atoms with E-state index in [1.54, 1.807) is 0 Å². The van der Waals surface area contributed by atoms with Crippen molar-refractivity contribution in [3.8, 4) is 0 Å². The summed E-state index contributed by atoms with van der Waals surface area (Å²) in [7, 11) is 1.26. The van der Waals surface area contributed by atoms with E-state index in [2.05, 4.69) is 14.7 Å². The summed E-state index contributed by atoms with van der Waals surface area (Å²) in [4.78, 5) is 33.0. The highest BCUT2D eigenvalue weighted by Crippen LogP contribution is 2.41. The second kappa shape index (κ2) is 13.0. The molecule has 0 spiro atoms. The minimum absolute atomic E-state index is 0.0465. The lowest BCUT2D eigenvalue weighted by Crippen LogP contribution is -2.39. The van der Waals surface area contributed by atoms with Crippen LogP contribution in [0.5, 0.6) is 0 Å². The van der Waals surface area contributed by atoms with Crippen molar-refractivity contribution in [2.75, 3.05) is 13.7 Å². The molecule has 1 saturated heterocycles. The van der Waals surface area contributed by atoms with Gasteiger partial charge in [-0.1, -0.05) is 97.1 Å². The number of carbonyl (C=O) groups is 1. The van der Waals surface area contributed by atoms with Crippen molar-refractivity contribution in [2.24, 2.45) is 0 Å². The average molecular weight is 609 g/mol. The number of methoxy groups -OCH3 is 1. The largest absolute Gasteiger partial charge is 0.466 e. The summed E-state index contributed by atoms with van der Waals surface area (Å²) < 4.78 is 20.3. The van der Waals surface area contributed by atoms with Crippen LogP contribution >= 0.6 is 0 Å². The molecule has 5 aromatic rings. The molecule has 1 aliphatic rings. The van der Waals surface area contributed by atoms with Crippen molar-refractivity contribution < 1.29 is 29.2 Å². The lowest BCUT2D eigenvalue weighted by molar-refractivity contribution is -0.134. The van der Waals surface area contributed by atoms with Gasteiger partial charge in [-0.15, -0.1) is 0 Å². The van der Waals surface area contributed by atoms with Gasteiger partial charge in [0.1, 0.15) is 30.2 Å². The highest BCUT2D eigenvalue weighted by molar-refractivity contribution is 5.81. The van der Waals surface area contributed by atoms with Crippen LogP contribution < -0.4 is 5.56 Å². The number of allylic oxidation sites excluding steroid dienone is 1. The highest BCUT2D eigenvalue weighted by Gasteiger charge is 2.46. The van der Waals surface area contributed by atoms with E-state index in [0.29, 0.717) is 0 Å². The Kier molecular flexibility index (Phi) is 8.67. The van der Waals surface area contributed by atoms with Crippen molar-refractivity contribution in [3.63, 3.8) is 0 Å². The van der Waals surface area contributed by atoms with Gasteiger partial charge in [-0.3, -0.25) is 13.9 Å². The zero-order chi connectivity index (χ0) is 31.4. The molecule has 2 aromatic heterocycles. The van der Waals surface area contributed by atoms with Crippen molar-refractivity contribution in [1.29, 1.82) is 0 Å². The molecule has 0 bridgehead atoms. The van der Waals surface area contributed by atoms with Crippen LogP contribution in [0.25, 0.3) is 11.2 Å². The van der Waals surface area contributed by atoms with E-state index in [-0.39, 0.29) is 24.3 Å². The fourth-order valence-electron chi connectivity index (χ4n) is 5.67. The number of imidazole rings is 1. The van der Waals surface area contributed by atoms with Crippen LogP contribution in [0.1, 0.15) is 22.9 Å². The molecule has 6 rings (SSSR count). The number of aliphatic hydroxyl groups is 2. The van der Waals surface area contributed by atoms with Crippen LogP contribution in [-0.4, -0.2) is 67.3 Å². The SMILES string of the molecule is COC(=O)/C=C/Cn1cnc2c(ncn2[C@@H]2O[C@H](COC(c3ccccc3)(c3ccccc3)c3ccccc3)[C@@H](O)[C@H]2O)c1=O. The normalized spacial score (nSPS) is 20.2. The molecule has 1 aliphatic heterocycles. The predicted octanol–water partition coefficient (Wildman–Crippen LogP) is 2.95. The number of hydrogen-bond acceptors (Lipinski definition) is 9. The minimum Gasteiger partial charge on any atom is -0.466 e. The van der Waals surface area contributed by atoms with Gasteiger partial charge in [0.2, 0.25) is 0 Å². The van der Waals surface area contributed by atoms with E-state index >= 15 is 0 Å². The van der Waals surface area contributed by atoms with Crippen molar-refractivity contribution in [2.45, 2.75) is 36.7 Å². The van der Waals surface area contributed by atoms with E-state index in [1.807, 2.05) is 91.0 Å². The number of hydrogen-bond donors (Lipinski definition) is 2. The van der Waals surface area contributed by atoms with E-state index in [1.165, 1.54) is 41.1 Å². The standard InChI is InChI=1S/C34H32N4O7/c1-43-27(39)18-11-19-37-21-36-31-28(32(37)42)35-22-38(31)33-30(41)29(40)26(45-33)20-44-34(23-12-5-2-6-13-23,24-14-7-3-8-15-24)25-16-9-4-10-17-25/h2-18,21-22,26,29-30,33,40-41H,19-20H2,1H3/b18-11+/t26-,29-,30-,33-/m1/s1. The second-order valence-corrected chi connectivity index (χ2v) is 10.6. The first kappa shape index (κ1) is 30.1. The monoisotopic (exact) mass is 608 g/mol. The lowest BCUT2D eigenvalue weighted by Gasteiger charge is -2.37. The first-order chi connectivity index (χ1) is 21.9. The van der Waals surface area contributed by atoms with Gasteiger partial charge >= 0.3 is 5.97 Å². The summed E-state index contributed by atoms with van der Waals surface area (Å²) in [5.41, 5.74) is 1.38. The van der Waals surface area contributed by atoms with E-state index in [4.69, 9.17) is 9.47 Å². The van der Waals surface area contributed by atoms with Gasteiger partial charge in [0.25, 0.3) is 5.56 Å². The van der Waals surface area contributed by atoms with Crippen LogP contribution in [0.4, 0.5) is 0 Å². The van der Waals surface area contributed by atoms with Gasteiger partial charge in [0.15, 0.2) is 17.4 Å². The van der Waals surface area contributed by atoms with E-state index in [9.17, 15) is 19.8 Å². The third-order valence-electron chi connectivity index (χ3n) is 7.92. The molecule has 1 fully saturated rings. The molecule has 45 heavy (non-hydrogen) atoms. The summed E-state index contributed by atoms with van der Waals surface area (Å²) in [5, 5.41) is 22.3. The number of ether oxygens (including phenoxy) is 3. The van der Waals surface area contributed by atoms with Crippen LogP contribution in [0.2, 0.25) is 0 Å². The van der Waals surface area contributed by atoms with Crippen LogP contribution in [0.3, 0.4) is 0 Å². The number of aliphatic hydroxyl groups excluding tert-OH is 2. The Bertz CT molecular complexity index is 1740. The Morgan fingerprint density at radius 1 is 0.889 bits per heavy atom. The maximum absolute atomic E-state index is 13.1. The number of fused-ring (bicyclic) bond motifs is 1. The van der Waals surface area contributed by atoms with Gasteiger partial charge in [-0.05, 0) is 16.7 Å². The molecule has 4 atom stereocenters. The zero-order valence-electron chi connectivity index (χ0n) is 24.4. The molecule has 0 amide bonds. The van der Waals surface area contributed by atoms with E-state index < -0.39 is 41.7 Å². The Labute approximate surface area is 258 Å². The molecule has 0 saturated carbocycles. The van der Waals surface area contributed by atoms with Gasteiger partial charge in [0.05, 0.1) is 20.0 Å². The fraction of sp³-hybridized carbons (Fsp3) is 0.235. The van der Waals surface area contributed by atoms with Gasteiger partial charge in [-0.2, -0.15) is 0 Å². The first-order valence-electron chi connectivity index (χ1n) is 14.4. The highest BCUT2D eigenvalue weighted by atomic mass is 16.6. The summed E-state index contributed by atoms with van der Waals surface area (Å²) in [6.45, 7) is 0.00318. The predicted molar refractivity (Wildman–Crippen MR) is 164 cm³/mol. The molecule has 3 heterocycles. The number of rotatable bonds is 10. The Balaban J connectivity index is 1.29. The van der Waals surface area contributed by atoms with Gasteiger partial charge in [-0.25, -0.2) is 14.8 Å². The lowest BCUT2D eigenvalue weighted by atomic mass is 9.80. The van der Waals surface area contributed by atoms with Crippen molar-refractivity contribution in [3.05, 3.63) is 143 Å². The first-order valence-corrected chi connectivity index (χ1v) is 14.4. The third-order valence-corrected chi connectivity index (χ3v) is 7.92. The van der Waals surface area contributed by atoms with Crippen LogP contribution in [0.15, 0.2) is 121 Å². The third kappa shape index (κ3) is 5.69. The van der Waals surface area contributed by atoms with E-state index in [0.717, 1.165) is 16.7 Å². The summed E-state index contributed by atoms with van der Waals surface area (Å²) in [6.07, 6.45) is 0.671. The molecule has 0 radical (unpaired) electrons. The van der Waals surface area contributed by atoms with Crippen molar-refractivity contribution >= 4 is 17.1 Å². The zero-order valence-corrected chi connectivity index (χ0v) is 24.4. The summed E-state index contributed by atoms with van der Waals surface area (Å²) >= 11 is 0. The topological polar surface area (TPSA) is 138 Å². The number of benzene rings is 3. The Morgan fingerprint density at radius 3 is 2.02 bits per heavy atom. The van der Waals surface area contributed by atoms with Gasteiger partial charge in [0, 0.05) is 12.6 Å². The fourth-order valence-corrected chi connectivity index (χ4v) is 5.67. The molecule has 11 heteroatoms. The summed E-state index contributed by atoms with van der Waals surface area (Å²) in [5.74, 6) is -0.542. The average Bonchev–Trinajstić information content (AvgIpc) is 3.64. The van der Waals surface area contributed by atoms with Crippen molar-refractivity contribution in [1.82, 2.24) is 19.1 Å². The molecular weight excluding hydrogens is 576 g/mol. The number of carbonyl (C=O) groups excluding carboxylic acids is 1. The second-order valence-electron chi connectivity index (χ2n) is 10.6. The maximum Gasteiger partial charge on any atom is 0.330 e. The smallest absolute Gasteiger partial charge is 0.330 e. The molecule has 0 aliphatic carbocycles. The molecule has 2 N–H and O–H groups in total. The molecule has 0 unspecified atom stereocenters.